The lowest BCUT2D eigenvalue weighted by Gasteiger charge is -2.15. The molecular weight excluding hydrogens is 368 g/mol. The third kappa shape index (κ3) is 3.42. The van der Waals surface area contributed by atoms with Gasteiger partial charge in [0.2, 0.25) is 0 Å². The number of hydrogen-bond acceptors (Lipinski definition) is 6. The van der Waals surface area contributed by atoms with Gasteiger partial charge in [-0.05, 0) is 61.3 Å². The molecule has 0 bridgehead atoms. The number of H-pyrrole nitrogens is 1. The summed E-state index contributed by atoms with van der Waals surface area (Å²) >= 11 is 0. The molecule has 1 atom stereocenters. The van der Waals surface area contributed by atoms with Crippen LogP contribution in [0.1, 0.15) is 41.8 Å². The zero-order chi connectivity index (χ0) is 21.3. The molecule has 0 spiro atoms. The highest BCUT2D eigenvalue weighted by Crippen LogP contribution is 2.42. The Morgan fingerprint density at radius 2 is 1.90 bits per heavy atom. The summed E-state index contributed by atoms with van der Waals surface area (Å²) in [6.45, 7) is 5.05. The van der Waals surface area contributed by atoms with E-state index >= 15 is 0 Å². The van der Waals surface area contributed by atoms with Crippen LogP contribution in [0.15, 0.2) is 29.8 Å². The molecule has 0 amide bonds. The number of carbonyl (C=O) groups is 1. The number of pyridine rings is 1. The van der Waals surface area contributed by atoms with Gasteiger partial charge >= 0.3 is 0 Å². The van der Waals surface area contributed by atoms with Gasteiger partial charge in [-0.2, -0.15) is 10.5 Å². The van der Waals surface area contributed by atoms with Crippen molar-refractivity contribution in [3.8, 4) is 17.9 Å². The second-order valence-corrected chi connectivity index (χ2v) is 6.72. The second-order valence-electron chi connectivity index (χ2n) is 6.72. The molecule has 1 aliphatic carbocycles. The maximum absolute atomic E-state index is 10.8. The normalized spacial score (nSPS) is 14.9. The fraction of sp³-hybridized carbons (Fsp3) is 0.182. The third-order valence-corrected chi connectivity index (χ3v) is 4.89. The number of allylic oxidation sites excluding steroid dienone is 3. The van der Waals surface area contributed by atoms with Gasteiger partial charge in [-0.15, -0.1) is 0 Å². The number of hydrogen-bond donors (Lipinski definition) is 1. The number of ether oxygens (including phenoxy) is 1. The lowest BCUT2D eigenvalue weighted by atomic mass is 9.95. The Bertz CT molecular complexity index is 1160. The zero-order valence-electron chi connectivity index (χ0n) is 16.2. The van der Waals surface area contributed by atoms with E-state index < -0.39 is 12.1 Å². The largest absolute Gasteiger partial charge is 0.546 e. The molecule has 7 heteroatoms. The minimum atomic E-state index is -1.29. The van der Waals surface area contributed by atoms with E-state index in [0.29, 0.717) is 28.1 Å². The van der Waals surface area contributed by atoms with E-state index in [1.807, 2.05) is 13.0 Å². The van der Waals surface area contributed by atoms with Crippen LogP contribution in [0.3, 0.4) is 0 Å². The molecule has 0 saturated heterocycles. The van der Waals surface area contributed by atoms with E-state index in [0.717, 1.165) is 22.3 Å². The summed E-state index contributed by atoms with van der Waals surface area (Å²) < 4.78 is 5.29. The van der Waals surface area contributed by atoms with E-state index in [9.17, 15) is 20.4 Å². The molecule has 1 aromatic carbocycles. The standard InChI is InChI=1S/C22H18N4O3/c1-11-16(8-14-4-6-15(7-5-14)29-13(3)22(27)28)19-12(2)18(10-24)21(25)26-20(19)17(11)9-23/h4-8,13H,1-3H3,(H2,25,26)(H,27,28)/b16-8+/t13-/m0/s1. The summed E-state index contributed by atoms with van der Waals surface area (Å²) in [5.41, 5.74) is 11.3. The van der Waals surface area contributed by atoms with Crippen LogP contribution >= 0.6 is 0 Å². The lowest BCUT2D eigenvalue weighted by Crippen LogP contribution is -2.37. The van der Waals surface area contributed by atoms with E-state index in [-0.39, 0.29) is 5.82 Å². The van der Waals surface area contributed by atoms with Crippen molar-refractivity contribution in [3.05, 3.63) is 57.8 Å². The van der Waals surface area contributed by atoms with E-state index in [4.69, 9.17) is 10.5 Å². The molecule has 29 heavy (non-hydrogen) atoms. The smallest absolute Gasteiger partial charge is 0.289 e. The van der Waals surface area contributed by atoms with Crippen molar-refractivity contribution in [1.29, 1.82) is 10.5 Å². The first-order chi connectivity index (χ1) is 13.8. The van der Waals surface area contributed by atoms with Crippen molar-refractivity contribution < 1.29 is 19.6 Å². The summed E-state index contributed by atoms with van der Waals surface area (Å²) in [5.74, 6) is -0.651. The molecular formula is C22H18N4O3. The van der Waals surface area contributed by atoms with Gasteiger partial charge in [0.15, 0.2) is 5.69 Å². The molecule has 1 heterocycles. The van der Waals surface area contributed by atoms with Gasteiger partial charge in [-0.3, -0.25) is 5.73 Å². The minimum absolute atomic E-state index is 0.231. The van der Waals surface area contributed by atoms with Crippen molar-refractivity contribution in [1.82, 2.24) is 0 Å². The summed E-state index contributed by atoms with van der Waals surface area (Å²) in [5, 5.41) is 29.8. The van der Waals surface area contributed by atoms with Crippen molar-refractivity contribution in [3.63, 3.8) is 0 Å². The third-order valence-electron chi connectivity index (χ3n) is 4.89. The number of benzene rings is 1. The number of nitriles is 2. The van der Waals surface area contributed by atoms with Gasteiger partial charge in [-0.25, -0.2) is 4.98 Å². The van der Waals surface area contributed by atoms with Gasteiger partial charge in [0.1, 0.15) is 35.1 Å². The first kappa shape index (κ1) is 19.7. The van der Waals surface area contributed by atoms with Crippen LogP contribution < -0.4 is 20.6 Å². The number of aromatic amines is 1. The number of aromatic nitrogens is 1. The Morgan fingerprint density at radius 3 is 2.45 bits per heavy atom. The van der Waals surface area contributed by atoms with Crippen LogP contribution in [-0.4, -0.2) is 12.1 Å². The predicted molar refractivity (Wildman–Crippen MR) is 104 cm³/mol. The van der Waals surface area contributed by atoms with Crippen LogP contribution in [-0.2, 0) is 4.79 Å². The van der Waals surface area contributed by atoms with Gasteiger partial charge in [0, 0.05) is 5.56 Å². The Labute approximate surface area is 168 Å². The quantitative estimate of drug-likeness (QED) is 0.848. The number of carbonyl (C=O) groups excluding carboxylic acids is 1. The Morgan fingerprint density at radius 1 is 1.24 bits per heavy atom. The number of nitrogens with zero attached hydrogens (tertiary/aromatic N) is 2. The van der Waals surface area contributed by atoms with E-state index in [2.05, 4.69) is 17.1 Å². The van der Waals surface area contributed by atoms with Crippen molar-refractivity contribution in [2.24, 2.45) is 0 Å². The number of aliphatic carboxylic acids is 1. The van der Waals surface area contributed by atoms with Crippen LogP contribution in [0.2, 0.25) is 0 Å². The Balaban J connectivity index is 2.07. The predicted octanol–water partition coefficient (Wildman–Crippen LogP) is 1.63. The number of carboxylic acid groups (broad SMARTS) is 1. The Hall–Kier alpha value is -4.10. The second kappa shape index (κ2) is 7.49. The molecule has 0 fully saturated rings. The lowest BCUT2D eigenvalue weighted by molar-refractivity contribution is -0.364. The molecule has 2 aromatic rings. The fourth-order valence-electron chi connectivity index (χ4n) is 3.33. The van der Waals surface area contributed by atoms with Crippen LogP contribution in [0.4, 0.5) is 5.82 Å². The number of anilines is 1. The van der Waals surface area contributed by atoms with Crippen LogP contribution in [0.5, 0.6) is 5.75 Å². The van der Waals surface area contributed by atoms with Crippen LogP contribution in [0.25, 0.3) is 17.2 Å². The molecule has 3 N–H and O–H groups in total. The first-order valence-corrected chi connectivity index (χ1v) is 8.85. The van der Waals surface area contributed by atoms with E-state index in [1.165, 1.54) is 6.92 Å². The number of nitrogens with one attached hydrogen (secondary N) is 1. The van der Waals surface area contributed by atoms with Crippen LogP contribution in [0, 0.1) is 29.6 Å². The maximum atomic E-state index is 10.8. The maximum Gasteiger partial charge on any atom is 0.289 e. The molecule has 0 unspecified atom stereocenters. The molecule has 1 aliphatic rings. The highest BCUT2D eigenvalue weighted by atomic mass is 16.5. The fourth-order valence-corrected chi connectivity index (χ4v) is 3.33. The number of nitrogen functional groups attached to an aromatic ring is 1. The van der Waals surface area contributed by atoms with Gasteiger partial charge in [-0.1, -0.05) is 12.1 Å². The zero-order valence-corrected chi connectivity index (χ0v) is 16.2. The van der Waals surface area contributed by atoms with Gasteiger partial charge in [0.05, 0.1) is 5.97 Å². The molecule has 7 nitrogen and oxygen atoms in total. The molecule has 1 aromatic heterocycles. The minimum Gasteiger partial charge on any atom is -0.546 e. The van der Waals surface area contributed by atoms with Crippen molar-refractivity contribution in [2.45, 2.75) is 26.9 Å². The summed E-state index contributed by atoms with van der Waals surface area (Å²) in [6, 6.07) is 11.2. The van der Waals surface area contributed by atoms with Crippen molar-refractivity contribution in [2.75, 3.05) is 5.73 Å². The SMILES string of the molecule is CC1=C(C#N)c2[nH+]c(N)c(C#N)c(C)c2/C1=C/c1ccc(O[C@@H](C)C(=O)[O-])cc1. The first-order valence-electron chi connectivity index (χ1n) is 8.85. The van der Waals surface area contributed by atoms with Crippen molar-refractivity contribution >= 4 is 29.0 Å². The molecule has 144 valence electrons. The number of nitrogens with two attached hydrogens (primary N) is 1. The molecule has 3 rings (SSSR count). The average Bonchev–Trinajstić information content (AvgIpc) is 2.94. The highest BCUT2D eigenvalue weighted by Gasteiger charge is 2.32. The summed E-state index contributed by atoms with van der Waals surface area (Å²) in [7, 11) is 0. The topological polar surface area (TPSA) is 137 Å². The summed E-state index contributed by atoms with van der Waals surface area (Å²) in [6.07, 6.45) is 0.847. The number of carboxylic acids is 1. The Kier molecular flexibility index (Phi) is 5.08. The monoisotopic (exact) mass is 386 g/mol. The molecule has 0 radical (unpaired) electrons. The highest BCUT2D eigenvalue weighted by molar-refractivity contribution is 6.07. The summed E-state index contributed by atoms with van der Waals surface area (Å²) in [4.78, 5) is 13.8. The number of rotatable bonds is 4. The molecule has 0 saturated carbocycles. The average molecular weight is 386 g/mol. The van der Waals surface area contributed by atoms with E-state index in [1.54, 1.807) is 31.2 Å². The molecule has 0 aliphatic heterocycles. The number of fused-ring (bicyclic) bond motifs is 1. The van der Waals surface area contributed by atoms with Gasteiger partial charge < -0.3 is 14.6 Å². The van der Waals surface area contributed by atoms with Gasteiger partial charge in [0.25, 0.3) is 5.82 Å².